The van der Waals surface area contributed by atoms with E-state index in [1.165, 1.54) is 20.4 Å². The Morgan fingerprint density at radius 3 is 1.81 bits per heavy atom. The first-order chi connectivity index (χ1) is 34.7. The highest BCUT2D eigenvalue weighted by Gasteiger charge is 2.23. The third-order valence-corrected chi connectivity index (χ3v) is 10.8. The Balaban J connectivity index is 1.08. The fraction of sp³-hybridized carbons (Fsp3) is 0.440. The molecule has 0 unspecified atom stereocenters. The second kappa shape index (κ2) is 29.2. The first-order valence-corrected chi connectivity index (χ1v) is 25.1. The maximum absolute atomic E-state index is 13.6. The smallest absolute Gasteiger partial charge is 0.323 e. The van der Waals surface area contributed by atoms with E-state index in [4.69, 9.17) is 47.4 Å². The Bertz CT molecular complexity index is 2620. The standard InChI is InChI=1S/C50H67N7O14S/c1-50(2,3)36-32-42(46(64-6)43(33-36)57-72(7,60)61)55-49(59)54-41-12-13-44(40-11-9-8-10-39(40)41)71-45-14-15-52-48(56-45)53-37-30-35(31-38(34-37)63-5)47(58)51-16-17-65-20-21-67-24-25-69-28-29-70-27-26-68-23-22-66-19-18-62-4/h8-15,30-34,57H,16-29H2,1-7H3,(H,51,58)(H,52,53,56)(H2,54,55,59). The number of benzene rings is 4. The molecule has 21 nitrogen and oxygen atoms in total. The van der Waals surface area contributed by atoms with Crippen molar-refractivity contribution < 1.29 is 65.4 Å². The number of urea groups is 1. The quantitative estimate of drug-likeness (QED) is 0.0273. The molecule has 0 aliphatic heterocycles. The van der Waals surface area contributed by atoms with Gasteiger partial charge in [0.2, 0.25) is 21.9 Å². The van der Waals surface area contributed by atoms with Gasteiger partial charge in [0, 0.05) is 54.0 Å². The van der Waals surface area contributed by atoms with E-state index in [0.717, 1.165) is 11.8 Å². The minimum atomic E-state index is -3.67. The van der Waals surface area contributed by atoms with Gasteiger partial charge in [-0.05, 0) is 47.4 Å². The lowest BCUT2D eigenvalue weighted by Gasteiger charge is -2.24. The SMILES string of the molecule is COCCOCCOCCOCCOCCOCCOCCNC(=O)c1cc(Nc2nccc(Oc3ccc(NC(=O)Nc4cc(C(C)(C)C)cc(NS(C)(=O)=O)c4OC)c4ccccc34)n2)cc(OC)c1. The summed E-state index contributed by atoms with van der Waals surface area (Å²) in [5.41, 5.74) is 2.15. The molecule has 0 atom stereocenters. The number of amides is 3. The molecule has 3 amide bonds. The molecule has 0 radical (unpaired) electrons. The number of hydrogen-bond acceptors (Lipinski definition) is 17. The van der Waals surface area contributed by atoms with Gasteiger partial charge in [0.05, 0.1) is 123 Å². The van der Waals surface area contributed by atoms with Gasteiger partial charge in [0.25, 0.3) is 5.91 Å². The van der Waals surface area contributed by atoms with Crippen molar-refractivity contribution in [2.24, 2.45) is 0 Å². The topological polar surface area (TPSA) is 247 Å². The number of nitrogens with one attached hydrogen (secondary N) is 5. The molecule has 1 heterocycles. The third kappa shape index (κ3) is 19.3. The molecule has 392 valence electrons. The number of aromatic nitrogens is 2. The van der Waals surface area contributed by atoms with Crippen LogP contribution in [0.1, 0.15) is 36.7 Å². The van der Waals surface area contributed by atoms with E-state index in [2.05, 4.69) is 36.0 Å². The summed E-state index contributed by atoms with van der Waals surface area (Å²) < 4.78 is 82.1. The number of methoxy groups -OCH3 is 3. The lowest BCUT2D eigenvalue weighted by Crippen LogP contribution is -2.27. The van der Waals surface area contributed by atoms with E-state index < -0.39 is 16.1 Å². The molecule has 0 fully saturated rings. The number of nitrogens with zero attached hydrogens (tertiary/aromatic N) is 2. The van der Waals surface area contributed by atoms with Crippen LogP contribution in [0.25, 0.3) is 10.8 Å². The van der Waals surface area contributed by atoms with Crippen LogP contribution < -0.4 is 40.2 Å². The highest BCUT2D eigenvalue weighted by Crippen LogP contribution is 2.40. The second-order valence-corrected chi connectivity index (χ2v) is 18.5. The summed E-state index contributed by atoms with van der Waals surface area (Å²) in [4.78, 5) is 35.6. The zero-order chi connectivity index (χ0) is 51.8. The van der Waals surface area contributed by atoms with Crippen LogP contribution in [0.4, 0.5) is 33.5 Å². The van der Waals surface area contributed by atoms with Gasteiger partial charge in [-0.3, -0.25) is 9.52 Å². The lowest BCUT2D eigenvalue weighted by molar-refractivity contribution is -0.0189. The number of carbonyl (C=O) groups is 2. The molecule has 4 aromatic carbocycles. The van der Waals surface area contributed by atoms with E-state index in [9.17, 15) is 18.0 Å². The molecule has 0 aliphatic carbocycles. The minimum absolute atomic E-state index is 0.150. The van der Waals surface area contributed by atoms with Crippen LogP contribution in [0.15, 0.2) is 79.0 Å². The van der Waals surface area contributed by atoms with Crippen LogP contribution in [0.2, 0.25) is 0 Å². The second-order valence-electron chi connectivity index (χ2n) is 16.8. The molecular weight excluding hydrogens is 955 g/mol. The van der Waals surface area contributed by atoms with E-state index in [-0.39, 0.29) is 53.4 Å². The van der Waals surface area contributed by atoms with Crippen molar-refractivity contribution in [3.05, 3.63) is 90.1 Å². The normalized spacial score (nSPS) is 11.5. The molecule has 5 rings (SSSR count). The van der Waals surface area contributed by atoms with Crippen molar-refractivity contribution >= 4 is 61.4 Å². The molecule has 0 saturated heterocycles. The number of sulfonamides is 1. The Morgan fingerprint density at radius 2 is 1.22 bits per heavy atom. The Labute approximate surface area is 420 Å². The number of carbonyl (C=O) groups excluding carboxylic acids is 2. The maximum atomic E-state index is 13.6. The summed E-state index contributed by atoms with van der Waals surface area (Å²) in [6.07, 6.45) is 2.57. The van der Waals surface area contributed by atoms with Crippen LogP contribution in [0, 0.1) is 0 Å². The highest BCUT2D eigenvalue weighted by atomic mass is 32.2. The molecule has 5 aromatic rings. The molecule has 1 aromatic heterocycles. The van der Waals surface area contributed by atoms with Crippen LogP contribution in [-0.4, -0.2) is 150 Å². The Hall–Kier alpha value is -6.37. The molecule has 0 saturated carbocycles. The first kappa shape index (κ1) is 56.5. The number of ether oxygens (including phenoxy) is 10. The summed E-state index contributed by atoms with van der Waals surface area (Å²) in [6, 6.07) is 20.2. The minimum Gasteiger partial charge on any atom is -0.497 e. The van der Waals surface area contributed by atoms with Gasteiger partial charge in [-0.2, -0.15) is 4.98 Å². The third-order valence-electron chi connectivity index (χ3n) is 10.2. The fourth-order valence-electron chi connectivity index (χ4n) is 6.70. The van der Waals surface area contributed by atoms with Gasteiger partial charge in [-0.15, -0.1) is 0 Å². The maximum Gasteiger partial charge on any atom is 0.323 e. The summed E-state index contributed by atoms with van der Waals surface area (Å²) in [6.45, 7) is 12.1. The summed E-state index contributed by atoms with van der Waals surface area (Å²) >= 11 is 0. The molecule has 0 bridgehead atoms. The van der Waals surface area contributed by atoms with Gasteiger partial charge in [-0.1, -0.05) is 45.0 Å². The van der Waals surface area contributed by atoms with Crippen LogP contribution >= 0.6 is 0 Å². The Kier molecular flexibility index (Phi) is 22.9. The highest BCUT2D eigenvalue weighted by molar-refractivity contribution is 7.92. The van der Waals surface area contributed by atoms with E-state index in [1.807, 2.05) is 45.0 Å². The average molecular weight is 1020 g/mol. The zero-order valence-corrected chi connectivity index (χ0v) is 42.7. The van der Waals surface area contributed by atoms with Crippen molar-refractivity contribution in [2.45, 2.75) is 26.2 Å². The molecule has 0 aliphatic rings. The van der Waals surface area contributed by atoms with E-state index in [1.54, 1.807) is 55.6 Å². The fourth-order valence-corrected chi connectivity index (χ4v) is 7.25. The summed E-state index contributed by atoms with van der Waals surface area (Å²) in [5, 5.41) is 13.1. The zero-order valence-electron chi connectivity index (χ0n) is 41.9. The predicted molar refractivity (Wildman–Crippen MR) is 274 cm³/mol. The number of rotatable bonds is 32. The number of fused-ring (bicyclic) bond motifs is 1. The van der Waals surface area contributed by atoms with Gasteiger partial charge in [-0.25, -0.2) is 18.2 Å². The number of hydrogen-bond donors (Lipinski definition) is 5. The van der Waals surface area contributed by atoms with Crippen LogP contribution in [0.5, 0.6) is 23.1 Å². The van der Waals surface area contributed by atoms with Gasteiger partial charge < -0.3 is 68.6 Å². The van der Waals surface area contributed by atoms with E-state index in [0.29, 0.717) is 118 Å². The summed E-state index contributed by atoms with van der Waals surface area (Å²) in [5.74, 6) is 1.11. The van der Waals surface area contributed by atoms with Crippen molar-refractivity contribution in [3.63, 3.8) is 0 Å². The van der Waals surface area contributed by atoms with Gasteiger partial charge in [0.1, 0.15) is 11.5 Å². The van der Waals surface area contributed by atoms with Crippen molar-refractivity contribution in [1.82, 2.24) is 15.3 Å². The molecule has 72 heavy (non-hydrogen) atoms. The Morgan fingerprint density at radius 1 is 0.639 bits per heavy atom. The van der Waals surface area contributed by atoms with Crippen molar-refractivity contribution in [1.29, 1.82) is 0 Å². The monoisotopic (exact) mass is 1020 g/mol. The largest absolute Gasteiger partial charge is 0.497 e. The molecule has 22 heteroatoms. The first-order valence-electron chi connectivity index (χ1n) is 23.2. The van der Waals surface area contributed by atoms with Gasteiger partial charge >= 0.3 is 6.03 Å². The van der Waals surface area contributed by atoms with Gasteiger partial charge in [0.15, 0.2) is 5.75 Å². The number of anilines is 5. The molecule has 0 spiro atoms. The summed E-state index contributed by atoms with van der Waals surface area (Å²) in [7, 11) is 0.862. The molecule has 5 N–H and O–H groups in total. The molecular formula is C50H67N7O14S. The van der Waals surface area contributed by atoms with Crippen LogP contribution in [-0.2, 0) is 48.6 Å². The van der Waals surface area contributed by atoms with Crippen LogP contribution in [0.3, 0.4) is 0 Å². The van der Waals surface area contributed by atoms with Crippen molar-refractivity contribution in [2.75, 3.05) is 141 Å². The average Bonchev–Trinajstić information content (AvgIpc) is 3.34. The lowest BCUT2D eigenvalue weighted by atomic mass is 9.86. The van der Waals surface area contributed by atoms with Crippen molar-refractivity contribution in [3.8, 4) is 23.1 Å². The van der Waals surface area contributed by atoms with E-state index >= 15 is 0 Å². The predicted octanol–water partition coefficient (Wildman–Crippen LogP) is 6.97.